The summed E-state index contributed by atoms with van der Waals surface area (Å²) in [5, 5.41) is 12.1. The molecule has 4 nitrogen and oxygen atoms in total. The molecule has 3 atom stereocenters. The van der Waals surface area contributed by atoms with Gasteiger partial charge >= 0.3 is 5.97 Å². The second kappa shape index (κ2) is 7.99. The first-order valence-electron chi connectivity index (χ1n) is 8.03. The summed E-state index contributed by atoms with van der Waals surface area (Å²) in [5.41, 5.74) is -0.781. The summed E-state index contributed by atoms with van der Waals surface area (Å²) >= 11 is 0. The first kappa shape index (κ1) is 17.4. The van der Waals surface area contributed by atoms with Crippen LogP contribution in [0.5, 0.6) is 0 Å². The molecule has 1 rings (SSSR count). The predicted molar refractivity (Wildman–Crippen MR) is 83.0 cm³/mol. The average Bonchev–Trinajstić information content (AvgIpc) is 2.43. The minimum Gasteiger partial charge on any atom is -0.480 e. The molecule has 1 aliphatic carbocycles. The Balaban J connectivity index is 2.28. The minimum absolute atomic E-state index is 0.687. The molecule has 0 heterocycles. The van der Waals surface area contributed by atoms with E-state index >= 15 is 0 Å². The number of likely N-dealkylation sites (N-methyl/N-ethyl adjacent to an activating group) is 1. The zero-order chi connectivity index (χ0) is 15.2. The predicted octanol–water partition coefficient (Wildman–Crippen LogP) is 2.73. The van der Waals surface area contributed by atoms with E-state index in [4.69, 9.17) is 0 Å². The van der Waals surface area contributed by atoms with Crippen LogP contribution < -0.4 is 5.32 Å². The molecule has 2 N–H and O–H groups in total. The van der Waals surface area contributed by atoms with E-state index in [1.54, 1.807) is 14.0 Å². The Kier molecular flexibility index (Phi) is 6.96. The lowest BCUT2D eigenvalue weighted by molar-refractivity contribution is -0.144. The van der Waals surface area contributed by atoms with E-state index in [0.717, 1.165) is 31.3 Å². The first-order valence-corrected chi connectivity index (χ1v) is 8.03. The second-order valence-electron chi connectivity index (χ2n) is 6.65. The summed E-state index contributed by atoms with van der Waals surface area (Å²) in [7, 11) is 3.95. The normalized spacial score (nSPS) is 26.4. The van der Waals surface area contributed by atoms with Crippen molar-refractivity contribution in [1.29, 1.82) is 0 Å². The quantitative estimate of drug-likeness (QED) is 0.673. The second-order valence-corrected chi connectivity index (χ2v) is 6.65. The number of carbonyl (C=O) groups is 1. The fourth-order valence-corrected chi connectivity index (χ4v) is 3.30. The van der Waals surface area contributed by atoms with Crippen molar-refractivity contribution in [2.75, 3.05) is 20.6 Å². The third kappa shape index (κ3) is 4.74. The van der Waals surface area contributed by atoms with Gasteiger partial charge in [-0.2, -0.15) is 0 Å². The van der Waals surface area contributed by atoms with Gasteiger partial charge in [0.2, 0.25) is 0 Å². The molecule has 0 bridgehead atoms. The van der Waals surface area contributed by atoms with Gasteiger partial charge in [0.1, 0.15) is 5.54 Å². The first-order chi connectivity index (χ1) is 9.40. The number of hydrogen-bond donors (Lipinski definition) is 2. The molecule has 1 saturated carbocycles. The summed E-state index contributed by atoms with van der Waals surface area (Å²) in [6.07, 6.45) is 8.12. The number of aliphatic carboxylic acids is 1. The molecule has 0 radical (unpaired) electrons. The van der Waals surface area contributed by atoms with Crippen LogP contribution in [0.3, 0.4) is 0 Å². The molecular formula is C16H32N2O2. The zero-order valence-corrected chi connectivity index (χ0v) is 13.6. The summed E-state index contributed by atoms with van der Waals surface area (Å²) in [6, 6.07) is 0.721. The molecule has 4 heteroatoms. The number of hydrogen-bond acceptors (Lipinski definition) is 3. The third-order valence-electron chi connectivity index (χ3n) is 5.09. The number of carboxylic acids is 1. The van der Waals surface area contributed by atoms with Gasteiger partial charge in [-0.05, 0) is 65.6 Å². The lowest BCUT2D eigenvalue weighted by Crippen LogP contribution is -2.47. The number of nitrogens with zero attached hydrogens (tertiary/aromatic N) is 1. The van der Waals surface area contributed by atoms with Crippen molar-refractivity contribution >= 4 is 5.97 Å². The number of rotatable bonds is 8. The SMILES string of the molecule is CNC(C)(CCCCN(C)C1CCCCC1C)C(=O)O. The van der Waals surface area contributed by atoms with Gasteiger partial charge in [-0.15, -0.1) is 0 Å². The van der Waals surface area contributed by atoms with Gasteiger partial charge in [-0.1, -0.05) is 19.8 Å². The molecule has 0 amide bonds. The Morgan fingerprint density at radius 3 is 2.55 bits per heavy atom. The van der Waals surface area contributed by atoms with Crippen molar-refractivity contribution in [3.63, 3.8) is 0 Å². The third-order valence-corrected chi connectivity index (χ3v) is 5.09. The van der Waals surface area contributed by atoms with Crippen LogP contribution in [0, 0.1) is 5.92 Å². The summed E-state index contributed by atoms with van der Waals surface area (Å²) in [4.78, 5) is 13.7. The van der Waals surface area contributed by atoms with Gasteiger partial charge in [0, 0.05) is 6.04 Å². The highest BCUT2D eigenvalue weighted by Crippen LogP contribution is 2.27. The van der Waals surface area contributed by atoms with Crippen LogP contribution in [-0.2, 0) is 4.79 Å². The van der Waals surface area contributed by atoms with E-state index < -0.39 is 11.5 Å². The Hall–Kier alpha value is -0.610. The van der Waals surface area contributed by atoms with Crippen LogP contribution in [-0.4, -0.2) is 48.2 Å². The van der Waals surface area contributed by atoms with Crippen molar-refractivity contribution in [2.45, 2.75) is 70.4 Å². The molecule has 0 aromatic carbocycles. The lowest BCUT2D eigenvalue weighted by atomic mass is 9.85. The van der Waals surface area contributed by atoms with Crippen LogP contribution in [0.25, 0.3) is 0 Å². The van der Waals surface area contributed by atoms with Gasteiger partial charge in [0.05, 0.1) is 0 Å². The highest BCUT2D eigenvalue weighted by molar-refractivity contribution is 5.78. The number of nitrogens with one attached hydrogen (secondary N) is 1. The highest BCUT2D eigenvalue weighted by Gasteiger charge is 2.30. The van der Waals surface area contributed by atoms with Crippen molar-refractivity contribution in [1.82, 2.24) is 10.2 Å². The van der Waals surface area contributed by atoms with Gasteiger partial charge < -0.3 is 15.3 Å². The Morgan fingerprint density at radius 1 is 1.35 bits per heavy atom. The molecule has 0 spiro atoms. The van der Waals surface area contributed by atoms with Crippen molar-refractivity contribution in [3.8, 4) is 0 Å². The van der Waals surface area contributed by atoms with E-state index in [-0.39, 0.29) is 0 Å². The van der Waals surface area contributed by atoms with Crippen LogP contribution in [0.4, 0.5) is 0 Å². The van der Waals surface area contributed by atoms with Gasteiger partial charge in [0.25, 0.3) is 0 Å². The monoisotopic (exact) mass is 284 g/mol. The van der Waals surface area contributed by atoms with Crippen LogP contribution in [0.2, 0.25) is 0 Å². The molecule has 0 aromatic rings. The smallest absolute Gasteiger partial charge is 0.323 e. The maximum absolute atomic E-state index is 11.2. The lowest BCUT2D eigenvalue weighted by Gasteiger charge is -2.36. The fourth-order valence-electron chi connectivity index (χ4n) is 3.30. The number of unbranched alkanes of at least 4 members (excludes halogenated alkanes) is 1. The fraction of sp³-hybridized carbons (Fsp3) is 0.938. The van der Waals surface area contributed by atoms with Crippen molar-refractivity contribution < 1.29 is 9.90 Å². The van der Waals surface area contributed by atoms with Crippen molar-refractivity contribution in [3.05, 3.63) is 0 Å². The topological polar surface area (TPSA) is 52.6 Å². The maximum atomic E-state index is 11.2. The van der Waals surface area contributed by atoms with Crippen LogP contribution in [0.15, 0.2) is 0 Å². The molecule has 0 saturated heterocycles. The van der Waals surface area contributed by atoms with Gasteiger partial charge in [0.15, 0.2) is 0 Å². The Labute approximate surface area is 123 Å². The Bertz CT molecular complexity index is 309. The van der Waals surface area contributed by atoms with Gasteiger partial charge in [-0.25, -0.2) is 0 Å². The average molecular weight is 284 g/mol. The Morgan fingerprint density at radius 2 is 2.00 bits per heavy atom. The highest BCUT2D eigenvalue weighted by atomic mass is 16.4. The maximum Gasteiger partial charge on any atom is 0.323 e. The molecule has 1 aliphatic rings. The van der Waals surface area contributed by atoms with Crippen molar-refractivity contribution in [2.24, 2.45) is 5.92 Å². The van der Waals surface area contributed by atoms with E-state index in [2.05, 4.69) is 24.2 Å². The van der Waals surface area contributed by atoms with E-state index in [1.807, 2.05) is 0 Å². The molecule has 0 aliphatic heterocycles. The molecule has 3 unspecified atom stereocenters. The van der Waals surface area contributed by atoms with E-state index in [1.165, 1.54) is 25.7 Å². The molecule has 118 valence electrons. The minimum atomic E-state index is -0.781. The number of carboxylic acid groups (broad SMARTS) is 1. The van der Waals surface area contributed by atoms with Crippen LogP contribution in [0.1, 0.15) is 58.8 Å². The summed E-state index contributed by atoms with van der Waals surface area (Å²) in [6.45, 7) is 5.21. The molecule has 1 fully saturated rings. The standard InChI is InChI=1S/C16H32N2O2/c1-13-9-5-6-10-14(13)18(4)12-8-7-11-16(2,17-3)15(19)20/h13-14,17H,5-12H2,1-4H3,(H,19,20). The van der Waals surface area contributed by atoms with E-state index in [0.29, 0.717) is 6.42 Å². The van der Waals surface area contributed by atoms with Gasteiger partial charge in [-0.3, -0.25) is 4.79 Å². The molecule has 0 aromatic heterocycles. The van der Waals surface area contributed by atoms with E-state index in [9.17, 15) is 9.90 Å². The molecular weight excluding hydrogens is 252 g/mol. The summed E-state index contributed by atoms with van der Waals surface area (Å²) in [5.74, 6) is 0.0459. The largest absolute Gasteiger partial charge is 0.480 e. The molecule has 20 heavy (non-hydrogen) atoms. The summed E-state index contributed by atoms with van der Waals surface area (Å²) < 4.78 is 0. The van der Waals surface area contributed by atoms with Crippen LogP contribution >= 0.6 is 0 Å². The zero-order valence-electron chi connectivity index (χ0n) is 13.6.